The highest BCUT2D eigenvalue weighted by atomic mass is 32.1. The summed E-state index contributed by atoms with van der Waals surface area (Å²) in [5.41, 5.74) is 1.68. The Balaban J connectivity index is 1.93. The number of benzene rings is 2. The number of ether oxygens (including phenoxy) is 6. The number of carbonyl (C=O) groups excluding carboxylic acids is 1. The highest BCUT2D eigenvalue weighted by molar-refractivity contribution is 7.07. The van der Waals surface area contributed by atoms with E-state index in [2.05, 4.69) is 4.99 Å². The minimum Gasteiger partial charge on any atom is -0.496 e. The molecule has 39 heavy (non-hydrogen) atoms. The molecule has 2 heterocycles. The van der Waals surface area contributed by atoms with Gasteiger partial charge in [-0.05, 0) is 36.8 Å². The molecule has 1 aliphatic heterocycles. The van der Waals surface area contributed by atoms with Crippen molar-refractivity contribution in [2.45, 2.75) is 13.0 Å². The average Bonchev–Trinajstić information content (AvgIpc) is 3.25. The summed E-state index contributed by atoms with van der Waals surface area (Å²) < 4.78 is 34.3. The lowest BCUT2D eigenvalue weighted by Gasteiger charge is -2.26. The Labute approximate surface area is 229 Å². The number of aromatic nitrogens is 1. The lowest BCUT2D eigenvalue weighted by atomic mass is 9.95. The van der Waals surface area contributed by atoms with Gasteiger partial charge in [0.2, 0.25) is 5.75 Å². The standard InChI is InChI=1S/C28H30N2O8S/c1-16-23(27(32)38-12-11-33-2)24(18-9-7-8-10-19(18)34-3)30-26(31)22(39-28(30)29-16)15-17-13-20(35-4)25(37-6)21(14-17)36-5/h7-10,13-15,24H,11-12H2,1-6H3. The molecule has 0 aliphatic carbocycles. The highest BCUT2D eigenvalue weighted by Gasteiger charge is 2.35. The number of hydrogen-bond acceptors (Lipinski definition) is 10. The molecule has 10 nitrogen and oxygen atoms in total. The molecule has 3 aromatic rings. The van der Waals surface area contributed by atoms with Crippen molar-refractivity contribution in [3.8, 4) is 23.0 Å². The third-order valence-electron chi connectivity index (χ3n) is 6.18. The molecular formula is C28H30N2O8S. The summed E-state index contributed by atoms with van der Waals surface area (Å²) in [5.74, 6) is 1.31. The van der Waals surface area contributed by atoms with Gasteiger partial charge in [0, 0.05) is 12.7 Å². The van der Waals surface area contributed by atoms with E-state index in [0.29, 0.717) is 49.2 Å². The molecule has 0 N–H and O–H groups in total. The van der Waals surface area contributed by atoms with Crippen molar-refractivity contribution in [3.05, 3.63) is 78.5 Å². The number of thiazole rings is 1. The fourth-order valence-electron chi connectivity index (χ4n) is 4.40. The number of carbonyl (C=O) groups is 1. The number of esters is 1. The maximum Gasteiger partial charge on any atom is 0.338 e. The van der Waals surface area contributed by atoms with Crippen LogP contribution in [0.2, 0.25) is 0 Å². The van der Waals surface area contributed by atoms with Crippen LogP contribution in [-0.2, 0) is 14.3 Å². The summed E-state index contributed by atoms with van der Waals surface area (Å²) in [4.78, 5) is 32.3. The Kier molecular flexibility index (Phi) is 8.72. The van der Waals surface area contributed by atoms with Crippen LogP contribution in [0.4, 0.5) is 0 Å². The molecule has 0 saturated heterocycles. The quantitative estimate of drug-likeness (QED) is 0.278. The highest BCUT2D eigenvalue weighted by Crippen LogP contribution is 2.38. The van der Waals surface area contributed by atoms with Crippen molar-refractivity contribution in [2.75, 3.05) is 48.8 Å². The maximum atomic E-state index is 13.9. The van der Waals surface area contributed by atoms with E-state index in [1.165, 1.54) is 44.3 Å². The van der Waals surface area contributed by atoms with Crippen LogP contribution in [0.15, 0.2) is 57.5 Å². The fourth-order valence-corrected chi connectivity index (χ4v) is 5.45. The topological polar surface area (TPSA) is 107 Å². The van der Waals surface area contributed by atoms with Crippen molar-refractivity contribution in [1.82, 2.24) is 4.57 Å². The monoisotopic (exact) mass is 554 g/mol. The van der Waals surface area contributed by atoms with Crippen molar-refractivity contribution in [1.29, 1.82) is 0 Å². The van der Waals surface area contributed by atoms with Crippen molar-refractivity contribution in [2.24, 2.45) is 4.99 Å². The van der Waals surface area contributed by atoms with Gasteiger partial charge in [-0.3, -0.25) is 9.36 Å². The first-order chi connectivity index (χ1) is 18.9. The van der Waals surface area contributed by atoms with Crippen LogP contribution in [-0.4, -0.2) is 59.3 Å². The number of hydrogen-bond donors (Lipinski definition) is 0. The number of nitrogens with zero attached hydrogens (tertiary/aromatic N) is 2. The van der Waals surface area contributed by atoms with Crippen LogP contribution in [0, 0.1) is 0 Å². The van der Waals surface area contributed by atoms with Gasteiger partial charge in [0.1, 0.15) is 18.4 Å². The van der Waals surface area contributed by atoms with Crippen LogP contribution in [0.1, 0.15) is 24.1 Å². The molecule has 0 amide bonds. The van der Waals surface area contributed by atoms with Gasteiger partial charge in [0.15, 0.2) is 16.3 Å². The molecule has 206 valence electrons. The lowest BCUT2D eigenvalue weighted by molar-refractivity contribution is -0.140. The summed E-state index contributed by atoms with van der Waals surface area (Å²) in [6.45, 7) is 2.04. The molecule has 0 bridgehead atoms. The van der Waals surface area contributed by atoms with Crippen LogP contribution in [0.5, 0.6) is 23.0 Å². The van der Waals surface area contributed by atoms with E-state index in [0.717, 1.165) is 0 Å². The first-order valence-electron chi connectivity index (χ1n) is 12.0. The van der Waals surface area contributed by atoms with Crippen LogP contribution in [0.25, 0.3) is 6.08 Å². The van der Waals surface area contributed by atoms with Crippen LogP contribution in [0.3, 0.4) is 0 Å². The lowest BCUT2D eigenvalue weighted by Crippen LogP contribution is -2.40. The summed E-state index contributed by atoms with van der Waals surface area (Å²) in [5, 5.41) is 0. The SMILES string of the molecule is COCCOC(=O)C1=C(C)N=c2sc(=Cc3cc(OC)c(OC)c(OC)c3)c(=O)n2C1c1ccccc1OC. The number of fused-ring (bicyclic) bond motifs is 1. The number of rotatable bonds is 10. The van der Waals surface area contributed by atoms with Crippen LogP contribution >= 0.6 is 11.3 Å². The summed E-state index contributed by atoms with van der Waals surface area (Å²) in [7, 11) is 7.64. The molecule has 0 saturated carbocycles. The molecular weight excluding hydrogens is 524 g/mol. The number of methoxy groups -OCH3 is 5. The molecule has 0 spiro atoms. The largest absolute Gasteiger partial charge is 0.496 e. The van der Waals surface area contributed by atoms with Gasteiger partial charge in [-0.1, -0.05) is 29.5 Å². The Bertz CT molecular complexity index is 1560. The zero-order valence-corrected chi connectivity index (χ0v) is 23.4. The van der Waals surface area contributed by atoms with Gasteiger partial charge in [-0.2, -0.15) is 0 Å². The van der Waals surface area contributed by atoms with Crippen molar-refractivity contribution in [3.63, 3.8) is 0 Å². The maximum absolute atomic E-state index is 13.9. The normalized spacial score (nSPS) is 14.9. The summed E-state index contributed by atoms with van der Waals surface area (Å²) in [6, 6.07) is 9.94. The molecule has 11 heteroatoms. The van der Waals surface area contributed by atoms with Gasteiger partial charge in [-0.15, -0.1) is 0 Å². The second-order valence-electron chi connectivity index (χ2n) is 8.41. The van der Waals surface area contributed by atoms with E-state index >= 15 is 0 Å². The average molecular weight is 555 g/mol. The molecule has 0 radical (unpaired) electrons. The zero-order valence-electron chi connectivity index (χ0n) is 22.6. The molecule has 1 unspecified atom stereocenters. The summed E-state index contributed by atoms with van der Waals surface area (Å²) in [6.07, 6.45) is 1.73. The van der Waals surface area contributed by atoms with E-state index in [9.17, 15) is 9.59 Å². The molecule has 4 rings (SSSR count). The Morgan fingerprint density at radius 3 is 2.26 bits per heavy atom. The van der Waals surface area contributed by atoms with Crippen LogP contribution < -0.4 is 33.8 Å². The predicted octanol–water partition coefficient (Wildman–Crippen LogP) is 2.46. The Hall–Kier alpha value is -4.09. The first kappa shape index (κ1) is 27.9. The Morgan fingerprint density at radius 1 is 0.974 bits per heavy atom. The summed E-state index contributed by atoms with van der Waals surface area (Å²) >= 11 is 1.21. The first-order valence-corrected chi connectivity index (χ1v) is 12.8. The van der Waals surface area contributed by atoms with Gasteiger partial charge >= 0.3 is 5.97 Å². The number of para-hydroxylation sites is 1. The Morgan fingerprint density at radius 2 is 1.64 bits per heavy atom. The minimum absolute atomic E-state index is 0.0658. The third kappa shape index (κ3) is 5.41. The van der Waals surface area contributed by atoms with Crippen molar-refractivity contribution >= 4 is 23.4 Å². The van der Waals surface area contributed by atoms with E-state index in [-0.39, 0.29) is 24.3 Å². The smallest absolute Gasteiger partial charge is 0.338 e. The van der Waals surface area contributed by atoms with Gasteiger partial charge in [0.25, 0.3) is 5.56 Å². The second kappa shape index (κ2) is 12.2. The van der Waals surface area contributed by atoms with Crippen molar-refractivity contribution < 1.29 is 33.2 Å². The second-order valence-corrected chi connectivity index (χ2v) is 9.42. The third-order valence-corrected chi connectivity index (χ3v) is 7.16. The molecule has 1 aliphatic rings. The van der Waals surface area contributed by atoms with E-state index in [1.807, 2.05) is 18.2 Å². The molecule has 1 aromatic heterocycles. The predicted molar refractivity (Wildman–Crippen MR) is 146 cm³/mol. The molecule has 0 fully saturated rings. The zero-order chi connectivity index (χ0) is 28.1. The molecule has 2 aromatic carbocycles. The van der Waals surface area contributed by atoms with Gasteiger partial charge in [0.05, 0.1) is 50.8 Å². The fraction of sp³-hybridized carbons (Fsp3) is 0.321. The minimum atomic E-state index is -0.811. The van der Waals surface area contributed by atoms with E-state index < -0.39 is 12.0 Å². The van der Waals surface area contributed by atoms with Gasteiger partial charge < -0.3 is 28.4 Å². The number of allylic oxidation sites excluding steroid dienone is 1. The van der Waals surface area contributed by atoms with Gasteiger partial charge in [-0.25, -0.2) is 9.79 Å². The molecule has 1 atom stereocenters. The van der Waals surface area contributed by atoms with E-state index in [4.69, 9.17) is 28.4 Å². The van der Waals surface area contributed by atoms with E-state index in [1.54, 1.807) is 38.3 Å².